The predicted octanol–water partition coefficient (Wildman–Crippen LogP) is 1.31. The van der Waals surface area contributed by atoms with Crippen molar-refractivity contribution in [2.75, 3.05) is 12.3 Å². The molecule has 0 fully saturated rings. The number of hydrogen-bond acceptors (Lipinski definition) is 5. The molecule has 1 atom stereocenters. The van der Waals surface area contributed by atoms with Crippen molar-refractivity contribution in [3.63, 3.8) is 0 Å². The lowest BCUT2D eigenvalue weighted by atomic mass is 10.1. The van der Waals surface area contributed by atoms with Gasteiger partial charge in [0.2, 0.25) is 10.0 Å². The molecular formula is C15H15ClN2O5S. The molecule has 24 heavy (non-hydrogen) atoms. The van der Waals surface area contributed by atoms with E-state index in [0.29, 0.717) is 21.8 Å². The molecule has 0 aromatic heterocycles. The summed E-state index contributed by atoms with van der Waals surface area (Å²) in [6, 6.07) is 9.09. The topological polar surface area (TPSA) is 130 Å². The zero-order valence-corrected chi connectivity index (χ0v) is 13.9. The molecule has 0 aliphatic carbocycles. The maximum Gasteiger partial charge on any atom is 0.324 e. The normalized spacial score (nSPS) is 12.8. The van der Waals surface area contributed by atoms with Gasteiger partial charge in [-0.2, -0.15) is 4.72 Å². The SMILES string of the molecule is Nc1ccc(-c2ccc(S(=O)(=O)NC(CO)C(=O)O)cc2)c(Cl)c1. The van der Waals surface area contributed by atoms with Crippen LogP contribution in [0.5, 0.6) is 0 Å². The van der Waals surface area contributed by atoms with Crippen molar-refractivity contribution in [3.8, 4) is 11.1 Å². The van der Waals surface area contributed by atoms with Crippen LogP contribution in [0.15, 0.2) is 47.4 Å². The number of nitrogens with one attached hydrogen (secondary N) is 1. The van der Waals surface area contributed by atoms with Gasteiger partial charge in [0.1, 0.15) is 6.04 Å². The highest BCUT2D eigenvalue weighted by Crippen LogP contribution is 2.30. The molecule has 0 heterocycles. The highest BCUT2D eigenvalue weighted by atomic mass is 35.5. The van der Waals surface area contributed by atoms with Gasteiger partial charge in [-0.15, -0.1) is 0 Å². The number of nitrogens with two attached hydrogens (primary N) is 1. The number of anilines is 1. The molecule has 2 aromatic rings. The van der Waals surface area contributed by atoms with E-state index in [0.717, 1.165) is 0 Å². The van der Waals surface area contributed by atoms with Crippen LogP contribution < -0.4 is 10.5 Å². The lowest BCUT2D eigenvalue weighted by Gasteiger charge is -2.13. The lowest BCUT2D eigenvalue weighted by Crippen LogP contribution is -2.43. The van der Waals surface area contributed by atoms with Crippen LogP contribution in [0.4, 0.5) is 5.69 Å². The molecule has 0 amide bonds. The quantitative estimate of drug-likeness (QED) is 0.567. The molecule has 7 nitrogen and oxygen atoms in total. The molecule has 1 unspecified atom stereocenters. The van der Waals surface area contributed by atoms with Gasteiger partial charge in [0, 0.05) is 11.3 Å². The molecular weight excluding hydrogens is 356 g/mol. The van der Waals surface area contributed by atoms with Crippen molar-refractivity contribution in [3.05, 3.63) is 47.5 Å². The van der Waals surface area contributed by atoms with Crippen LogP contribution in [-0.4, -0.2) is 37.2 Å². The van der Waals surface area contributed by atoms with Gasteiger partial charge in [0.25, 0.3) is 0 Å². The van der Waals surface area contributed by atoms with E-state index in [1.54, 1.807) is 30.3 Å². The number of aliphatic hydroxyl groups excluding tert-OH is 1. The first-order chi connectivity index (χ1) is 11.2. The van der Waals surface area contributed by atoms with E-state index in [1.165, 1.54) is 12.1 Å². The molecule has 0 saturated carbocycles. The zero-order chi connectivity index (χ0) is 17.9. The van der Waals surface area contributed by atoms with Crippen LogP contribution in [-0.2, 0) is 14.8 Å². The van der Waals surface area contributed by atoms with E-state index in [9.17, 15) is 13.2 Å². The average molecular weight is 371 g/mol. The average Bonchev–Trinajstić information content (AvgIpc) is 2.52. The second kappa shape index (κ2) is 7.18. The molecule has 0 saturated heterocycles. The van der Waals surface area contributed by atoms with E-state index in [-0.39, 0.29) is 4.90 Å². The van der Waals surface area contributed by atoms with Crippen molar-refractivity contribution in [2.45, 2.75) is 10.9 Å². The molecule has 0 radical (unpaired) electrons. The number of sulfonamides is 1. The molecule has 9 heteroatoms. The van der Waals surface area contributed by atoms with E-state index < -0.39 is 28.6 Å². The van der Waals surface area contributed by atoms with Crippen LogP contribution in [0.1, 0.15) is 0 Å². The number of carbonyl (C=O) groups is 1. The largest absolute Gasteiger partial charge is 0.480 e. The molecule has 2 rings (SSSR count). The van der Waals surface area contributed by atoms with E-state index >= 15 is 0 Å². The molecule has 0 aliphatic heterocycles. The van der Waals surface area contributed by atoms with Gasteiger partial charge in [-0.1, -0.05) is 29.8 Å². The standard InChI is InChI=1S/C15H15ClN2O5S/c16-13-7-10(17)3-6-12(13)9-1-4-11(5-2-9)24(22,23)18-14(8-19)15(20)21/h1-7,14,18-19H,8,17H2,(H,20,21). The summed E-state index contributed by atoms with van der Waals surface area (Å²) in [6.45, 7) is -0.853. The van der Waals surface area contributed by atoms with Gasteiger partial charge in [-0.05, 0) is 29.8 Å². The summed E-state index contributed by atoms with van der Waals surface area (Å²) in [5.41, 5.74) is 7.50. The molecule has 0 bridgehead atoms. The van der Waals surface area contributed by atoms with E-state index in [1.807, 2.05) is 4.72 Å². The minimum Gasteiger partial charge on any atom is -0.480 e. The number of aliphatic hydroxyl groups is 1. The Morgan fingerprint density at radius 2 is 1.83 bits per heavy atom. The summed E-state index contributed by atoms with van der Waals surface area (Å²) in [6.07, 6.45) is 0. The minimum absolute atomic E-state index is 0.127. The van der Waals surface area contributed by atoms with E-state index in [4.69, 9.17) is 27.5 Å². The van der Waals surface area contributed by atoms with Crippen molar-refractivity contribution in [2.24, 2.45) is 0 Å². The Kier molecular flexibility index (Phi) is 5.45. The summed E-state index contributed by atoms with van der Waals surface area (Å²) in [4.78, 5) is 10.7. The van der Waals surface area contributed by atoms with Crippen LogP contribution in [0.3, 0.4) is 0 Å². The zero-order valence-electron chi connectivity index (χ0n) is 12.3. The first-order valence-corrected chi connectivity index (χ1v) is 8.62. The monoisotopic (exact) mass is 370 g/mol. The van der Waals surface area contributed by atoms with Crippen LogP contribution in [0.2, 0.25) is 5.02 Å². The van der Waals surface area contributed by atoms with E-state index in [2.05, 4.69) is 0 Å². The maximum absolute atomic E-state index is 12.1. The molecule has 5 N–H and O–H groups in total. The summed E-state index contributed by atoms with van der Waals surface area (Å²) >= 11 is 6.11. The number of halogens is 1. The highest BCUT2D eigenvalue weighted by molar-refractivity contribution is 7.89. The van der Waals surface area contributed by atoms with Crippen LogP contribution >= 0.6 is 11.6 Å². The fourth-order valence-corrected chi connectivity index (χ4v) is 3.48. The van der Waals surface area contributed by atoms with Crippen LogP contribution in [0, 0.1) is 0 Å². The van der Waals surface area contributed by atoms with Gasteiger partial charge in [-0.3, -0.25) is 4.79 Å². The Morgan fingerprint density at radius 3 is 2.33 bits per heavy atom. The third-order valence-electron chi connectivity index (χ3n) is 3.25. The van der Waals surface area contributed by atoms with Gasteiger partial charge in [0.15, 0.2) is 0 Å². The number of carboxylic acids is 1. The van der Waals surface area contributed by atoms with Gasteiger partial charge >= 0.3 is 5.97 Å². The summed E-state index contributed by atoms with van der Waals surface area (Å²) in [7, 11) is -4.08. The predicted molar refractivity (Wildman–Crippen MR) is 90.1 cm³/mol. The summed E-state index contributed by atoms with van der Waals surface area (Å²) < 4.78 is 26.2. The summed E-state index contributed by atoms with van der Waals surface area (Å²) in [5, 5.41) is 18.2. The van der Waals surface area contributed by atoms with Crippen molar-refractivity contribution >= 4 is 33.3 Å². The smallest absolute Gasteiger partial charge is 0.324 e. The number of aliphatic carboxylic acids is 1. The highest BCUT2D eigenvalue weighted by Gasteiger charge is 2.24. The molecule has 0 aliphatic rings. The first-order valence-electron chi connectivity index (χ1n) is 6.76. The third kappa shape index (κ3) is 4.04. The lowest BCUT2D eigenvalue weighted by molar-refractivity contribution is -0.139. The number of hydrogen-bond donors (Lipinski definition) is 4. The third-order valence-corrected chi connectivity index (χ3v) is 5.05. The van der Waals surface area contributed by atoms with Gasteiger partial charge in [-0.25, -0.2) is 8.42 Å². The fourth-order valence-electron chi connectivity index (χ4n) is 2.00. The molecule has 2 aromatic carbocycles. The van der Waals surface area contributed by atoms with Gasteiger partial charge in [0.05, 0.1) is 16.5 Å². The summed E-state index contributed by atoms with van der Waals surface area (Å²) in [5.74, 6) is -1.47. The Bertz CT molecular complexity index is 853. The van der Waals surface area contributed by atoms with Crippen molar-refractivity contribution < 1.29 is 23.4 Å². The number of rotatable bonds is 6. The second-order valence-corrected chi connectivity index (χ2v) is 7.08. The van der Waals surface area contributed by atoms with Crippen molar-refractivity contribution in [1.82, 2.24) is 4.72 Å². The molecule has 0 spiro atoms. The number of benzene rings is 2. The Morgan fingerprint density at radius 1 is 1.21 bits per heavy atom. The second-order valence-electron chi connectivity index (χ2n) is 4.96. The Balaban J connectivity index is 2.30. The van der Waals surface area contributed by atoms with Crippen molar-refractivity contribution in [1.29, 1.82) is 0 Å². The van der Waals surface area contributed by atoms with Gasteiger partial charge < -0.3 is 15.9 Å². The minimum atomic E-state index is -4.08. The Hall–Kier alpha value is -2.13. The van der Waals surface area contributed by atoms with Crippen LogP contribution in [0.25, 0.3) is 11.1 Å². The molecule has 128 valence electrons. The first kappa shape index (κ1) is 18.2. The Labute approximate surface area is 143 Å². The fraction of sp³-hybridized carbons (Fsp3) is 0.133. The number of carboxylic acid groups (broad SMARTS) is 1. The maximum atomic E-state index is 12.1. The number of nitrogen functional groups attached to an aromatic ring is 1.